The van der Waals surface area contributed by atoms with Crippen LogP contribution in [0.5, 0.6) is 29.1 Å². The summed E-state index contributed by atoms with van der Waals surface area (Å²) >= 11 is 12.3. The molecule has 4 aliphatic heterocycles. The van der Waals surface area contributed by atoms with Crippen LogP contribution in [0.2, 0.25) is 10.0 Å². The van der Waals surface area contributed by atoms with Gasteiger partial charge in [-0.25, -0.2) is 49.5 Å². The Morgan fingerprint density at radius 2 is 1.05 bits per heavy atom. The first-order valence-electron chi connectivity index (χ1n) is 28.8. The zero-order valence-electron chi connectivity index (χ0n) is 50.3. The van der Waals surface area contributed by atoms with E-state index in [0.717, 1.165) is 124 Å². The third-order valence-electron chi connectivity index (χ3n) is 16.2. The van der Waals surface area contributed by atoms with Gasteiger partial charge in [0.2, 0.25) is 17.7 Å². The predicted octanol–water partition coefficient (Wildman–Crippen LogP) is 11.2. The molecule has 11 heterocycles. The molecule has 13 rings (SSSR count). The molecule has 4 aliphatic rings. The highest BCUT2D eigenvalue weighted by Crippen LogP contribution is 2.36. The highest BCUT2D eigenvalue weighted by atomic mass is 35.5. The summed E-state index contributed by atoms with van der Waals surface area (Å²) in [6.07, 6.45) is 14.9. The molecule has 88 heavy (non-hydrogen) atoms. The van der Waals surface area contributed by atoms with Gasteiger partial charge in [-0.15, -0.1) is 29.9 Å². The molecular formula is C62H73Cl4N17O5. The minimum atomic E-state index is -0.211. The van der Waals surface area contributed by atoms with Crippen molar-refractivity contribution >= 4 is 93.7 Å². The zero-order chi connectivity index (χ0) is 60.2. The number of anilines is 3. The van der Waals surface area contributed by atoms with Crippen molar-refractivity contribution in [3.63, 3.8) is 0 Å². The van der Waals surface area contributed by atoms with Gasteiger partial charge in [-0.1, -0.05) is 75.2 Å². The number of H-pyrrole nitrogens is 1. The van der Waals surface area contributed by atoms with Gasteiger partial charge < -0.3 is 39.4 Å². The highest BCUT2D eigenvalue weighted by molar-refractivity contribution is 6.32. The van der Waals surface area contributed by atoms with Crippen LogP contribution in [0.15, 0.2) is 114 Å². The summed E-state index contributed by atoms with van der Waals surface area (Å²) in [7, 11) is 3.30. The minimum Gasteiger partial charge on any atom is -0.497 e. The first-order chi connectivity index (χ1) is 41.4. The number of hydrogen-bond acceptors (Lipinski definition) is 19. The second-order valence-corrected chi connectivity index (χ2v) is 24.7. The van der Waals surface area contributed by atoms with Crippen LogP contribution in [0.3, 0.4) is 0 Å². The van der Waals surface area contributed by atoms with Crippen molar-refractivity contribution in [1.82, 2.24) is 59.4 Å². The molecule has 0 unspecified atom stereocenters. The van der Waals surface area contributed by atoms with Gasteiger partial charge in [0.15, 0.2) is 22.3 Å². The van der Waals surface area contributed by atoms with Crippen molar-refractivity contribution in [1.29, 1.82) is 0 Å². The van der Waals surface area contributed by atoms with Gasteiger partial charge >= 0.3 is 0 Å². The lowest BCUT2D eigenvalue weighted by atomic mass is 9.83. The Bertz CT molecular complexity index is 3920. The van der Waals surface area contributed by atoms with E-state index in [1.807, 2.05) is 53.2 Å². The number of nitrogens with one attached hydrogen (secondary N) is 1. The first-order valence-corrected chi connectivity index (χ1v) is 29.6. The highest BCUT2D eigenvalue weighted by Gasteiger charge is 2.31. The normalized spacial score (nSPS) is 16.4. The summed E-state index contributed by atoms with van der Waals surface area (Å²) < 4.78 is 25.8. The van der Waals surface area contributed by atoms with Crippen molar-refractivity contribution in [3.05, 3.63) is 147 Å². The fraction of sp³-hybridized carbons (Fsp3) is 0.403. The van der Waals surface area contributed by atoms with Crippen LogP contribution in [0.4, 0.5) is 17.5 Å². The number of nitrogens with two attached hydrogens (primary N) is 1. The molecule has 3 saturated heterocycles. The smallest absolute Gasteiger partial charge is 0.292 e. The molecular weight excluding hydrogens is 1200 g/mol. The molecule has 7 aromatic heterocycles. The van der Waals surface area contributed by atoms with Crippen molar-refractivity contribution in [3.8, 4) is 29.1 Å². The summed E-state index contributed by atoms with van der Waals surface area (Å²) in [5.41, 5.74) is 12.4. The molecule has 0 amide bonds. The second-order valence-electron chi connectivity index (χ2n) is 23.9. The van der Waals surface area contributed by atoms with Gasteiger partial charge in [-0.05, 0) is 116 Å². The summed E-state index contributed by atoms with van der Waals surface area (Å²) in [5.74, 6) is 5.48. The van der Waals surface area contributed by atoms with Gasteiger partial charge in [0.05, 0.1) is 58.1 Å². The van der Waals surface area contributed by atoms with E-state index in [1.165, 1.54) is 0 Å². The van der Waals surface area contributed by atoms with Crippen molar-refractivity contribution in [2.75, 3.05) is 68.2 Å². The number of methoxy groups -OCH3 is 2. The number of benzene rings is 2. The molecule has 464 valence electrons. The lowest BCUT2D eigenvalue weighted by molar-refractivity contribution is 0.279. The fourth-order valence-electron chi connectivity index (χ4n) is 10.4. The number of pyridine rings is 2. The summed E-state index contributed by atoms with van der Waals surface area (Å²) in [4.78, 5) is 59.8. The average Bonchev–Trinajstić information content (AvgIpc) is 2.18. The number of hydrogen-bond donors (Lipinski definition) is 2. The number of rotatable bonds is 12. The van der Waals surface area contributed by atoms with Crippen molar-refractivity contribution in [2.45, 2.75) is 98.3 Å². The van der Waals surface area contributed by atoms with Gasteiger partial charge in [-0.3, -0.25) is 14.6 Å². The minimum absolute atomic E-state index is 0. The van der Waals surface area contributed by atoms with Gasteiger partial charge in [0.1, 0.15) is 44.7 Å². The molecule has 2 aromatic carbocycles. The number of nitrogens with zero attached hydrogens (tertiary/aromatic N) is 15. The molecule has 22 nitrogen and oxygen atoms in total. The van der Waals surface area contributed by atoms with E-state index in [-0.39, 0.29) is 41.8 Å². The van der Waals surface area contributed by atoms with Crippen LogP contribution in [0, 0.1) is 10.8 Å². The topological polar surface area (TPSA) is 244 Å². The van der Waals surface area contributed by atoms with Gasteiger partial charge in [0.25, 0.3) is 11.4 Å². The summed E-state index contributed by atoms with van der Waals surface area (Å²) in [6.45, 7) is 18.4. The monoisotopic (exact) mass is 1280 g/mol. The Morgan fingerprint density at radius 3 is 1.58 bits per heavy atom. The standard InChI is InChI=1S/C25H27ClN6O2.C20H25N5O2.C17H19ClN6O.2ClH/c1-25(2)10-13-31(14-11-25)20-15-28-21-22(29-20)32(16-17-6-8-18(33-3)9-7-17)30-24(21)34-23-19(26)5-4-12-27-23;1-20(2)8-10-24(11-9-20)16-12-21-17-18(22-16)25(23-19(17)26)13-14-4-6-15(27-3)7-5-14;1-17(19)4-7-24(8-5-17)13-10-21-14-12(23-13)9-22-16(14)25-15-11(18)3-2-6-20-15;;/h4-9,12,15H,10-11,13-14,16H2,1-3H3;4-7,12H,8-11,13H2,1-3H3,(H,23,26);2-3,6,10H,4-5,7-9,19H2,1H3;2*1H. The Morgan fingerprint density at radius 1 is 0.568 bits per heavy atom. The lowest BCUT2D eigenvalue weighted by Gasteiger charge is -2.37. The van der Waals surface area contributed by atoms with E-state index in [0.29, 0.717) is 86.2 Å². The van der Waals surface area contributed by atoms with Crippen LogP contribution < -0.4 is 44.9 Å². The van der Waals surface area contributed by atoms with E-state index in [1.54, 1.807) is 74.2 Å². The Kier molecular flexibility index (Phi) is 20.3. The SMILES string of the molecule is CC1(N)CCN(c2cnc3c(n2)CN=C3Oc2ncccc2Cl)CC1.COc1ccc(Cn2[nH]c(=O)c3ncc(N4CCC(C)(C)CC4)nc32)cc1.COc1ccc(Cn2nc(Oc3ncccc3Cl)c3ncc(N4CCC(C)(C)CC4)nc32)cc1.Cl.Cl. The van der Waals surface area contributed by atoms with Gasteiger partial charge in [0, 0.05) is 57.2 Å². The average molecular weight is 1280 g/mol. The van der Waals surface area contributed by atoms with Crippen molar-refractivity contribution < 1.29 is 18.9 Å². The number of fused-ring (bicyclic) bond motifs is 3. The van der Waals surface area contributed by atoms with Crippen LogP contribution in [0.25, 0.3) is 22.3 Å². The van der Waals surface area contributed by atoms with E-state index >= 15 is 0 Å². The van der Waals surface area contributed by atoms with Crippen LogP contribution in [-0.4, -0.2) is 124 Å². The fourth-order valence-corrected chi connectivity index (χ4v) is 10.8. The van der Waals surface area contributed by atoms with E-state index in [2.05, 4.69) is 79.3 Å². The maximum absolute atomic E-state index is 12.3. The number of aromatic amines is 1. The second kappa shape index (κ2) is 27.7. The molecule has 0 saturated carbocycles. The van der Waals surface area contributed by atoms with Gasteiger partial charge in [-0.2, -0.15) is 0 Å². The number of halogens is 4. The largest absolute Gasteiger partial charge is 0.497 e. The zero-order valence-corrected chi connectivity index (χ0v) is 53.5. The Hall–Kier alpha value is -7.89. The van der Waals surface area contributed by atoms with E-state index in [9.17, 15) is 4.79 Å². The summed E-state index contributed by atoms with van der Waals surface area (Å²) in [5, 5.41) is 8.39. The molecule has 3 N–H and O–H groups in total. The summed E-state index contributed by atoms with van der Waals surface area (Å²) in [6, 6.07) is 22.6. The number of aromatic nitrogens is 12. The molecule has 26 heteroatoms. The maximum Gasteiger partial charge on any atom is 0.292 e. The quantitative estimate of drug-likeness (QED) is 0.115. The molecule has 0 aliphatic carbocycles. The third kappa shape index (κ3) is 15.3. The number of aliphatic imine (C=N–C) groups is 1. The molecule has 0 atom stereocenters. The van der Waals surface area contributed by atoms with E-state index in [4.69, 9.17) is 72.9 Å². The van der Waals surface area contributed by atoms with Crippen LogP contribution in [-0.2, 0) is 19.6 Å². The van der Waals surface area contributed by atoms with Crippen LogP contribution in [0.1, 0.15) is 95.7 Å². The van der Waals surface area contributed by atoms with Crippen molar-refractivity contribution in [2.24, 2.45) is 21.6 Å². The maximum atomic E-state index is 12.3. The molecule has 0 radical (unpaired) electrons. The third-order valence-corrected chi connectivity index (χ3v) is 16.8. The van der Waals surface area contributed by atoms with Crippen LogP contribution >= 0.6 is 48.0 Å². The molecule has 0 spiro atoms. The number of ether oxygens (including phenoxy) is 4. The predicted molar refractivity (Wildman–Crippen MR) is 348 cm³/mol. The number of piperidine rings is 3. The lowest BCUT2D eigenvalue weighted by Crippen LogP contribution is -2.48. The first kappa shape index (κ1) is 64.6. The molecule has 3 fully saturated rings. The molecule has 9 aromatic rings. The Labute approximate surface area is 533 Å². The Balaban J connectivity index is 0.000000157. The molecule has 0 bridgehead atoms. The van der Waals surface area contributed by atoms with E-state index < -0.39 is 0 Å².